The Bertz CT molecular complexity index is 389. The maximum atomic E-state index is 11.9. The number of carbonyl (C=O) groups excluding carboxylic acids is 1. The van der Waals surface area contributed by atoms with Crippen molar-refractivity contribution in [2.45, 2.75) is 57.5 Å². The number of carboxylic acid groups (broad SMARTS) is 1. The highest BCUT2D eigenvalue weighted by atomic mass is 16.4. The number of aliphatic carboxylic acids is 1. The van der Waals surface area contributed by atoms with E-state index in [1.165, 1.54) is 0 Å². The van der Waals surface area contributed by atoms with Crippen molar-refractivity contribution < 1.29 is 14.7 Å². The summed E-state index contributed by atoms with van der Waals surface area (Å²) in [6.07, 6.45) is 8.61. The molecule has 3 N–H and O–H groups in total. The summed E-state index contributed by atoms with van der Waals surface area (Å²) in [6.45, 7) is 3.87. The lowest BCUT2D eigenvalue weighted by molar-refractivity contribution is -0.146. The zero-order chi connectivity index (χ0) is 14.5. The number of carbonyl (C=O) groups is 2. The van der Waals surface area contributed by atoms with Crippen LogP contribution in [0.2, 0.25) is 0 Å². The molecule has 0 radical (unpaired) electrons. The summed E-state index contributed by atoms with van der Waals surface area (Å²) in [5.41, 5.74) is -1.16. The number of carboxylic acids is 1. The quantitative estimate of drug-likeness (QED) is 0.678. The van der Waals surface area contributed by atoms with Crippen LogP contribution in [-0.2, 0) is 4.79 Å². The van der Waals surface area contributed by atoms with Crippen molar-refractivity contribution in [3.8, 4) is 12.3 Å². The topological polar surface area (TPSA) is 78.4 Å². The van der Waals surface area contributed by atoms with Crippen molar-refractivity contribution >= 4 is 12.0 Å². The monoisotopic (exact) mass is 266 g/mol. The van der Waals surface area contributed by atoms with Crippen LogP contribution in [0.25, 0.3) is 0 Å². The molecule has 1 fully saturated rings. The van der Waals surface area contributed by atoms with Crippen LogP contribution in [0.4, 0.5) is 4.79 Å². The molecule has 106 valence electrons. The van der Waals surface area contributed by atoms with Gasteiger partial charge < -0.3 is 15.7 Å². The second-order valence-electron chi connectivity index (χ2n) is 5.31. The lowest BCUT2D eigenvalue weighted by atomic mass is 9.76. The fourth-order valence-corrected chi connectivity index (χ4v) is 2.59. The summed E-state index contributed by atoms with van der Waals surface area (Å²) in [4.78, 5) is 23.4. The standard InChI is InChI=1S/C14H22N2O3/c1-4-11(5-2)15-13(19)16-14(12(17)18)8-6-7-10(3)9-14/h1,10-11H,5-9H2,2-3H3,(H,17,18)(H2,15,16,19). The zero-order valence-electron chi connectivity index (χ0n) is 11.5. The molecule has 5 heteroatoms. The summed E-state index contributed by atoms with van der Waals surface area (Å²) in [6, 6.07) is -0.867. The van der Waals surface area contributed by atoms with Crippen LogP contribution >= 0.6 is 0 Å². The first-order chi connectivity index (χ1) is 8.93. The minimum Gasteiger partial charge on any atom is -0.480 e. The number of nitrogens with one attached hydrogen (secondary N) is 2. The molecule has 0 aromatic rings. The van der Waals surface area contributed by atoms with Gasteiger partial charge in [0, 0.05) is 0 Å². The molecule has 1 saturated carbocycles. The lowest BCUT2D eigenvalue weighted by Gasteiger charge is -2.37. The van der Waals surface area contributed by atoms with Gasteiger partial charge >= 0.3 is 12.0 Å². The second kappa shape index (κ2) is 6.46. The molecule has 19 heavy (non-hydrogen) atoms. The van der Waals surface area contributed by atoms with Crippen molar-refractivity contribution in [1.82, 2.24) is 10.6 Å². The first kappa shape index (κ1) is 15.4. The Kier molecular flexibility index (Phi) is 5.22. The average molecular weight is 266 g/mol. The molecule has 3 atom stereocenters. The first-order valence-electron chi connectivity index (χ1n) is 6.71. The van der Waals surface area contributed by atoms with E-state index in [4.69, 9.17) is 6.42 Å². The van der Waals surface area contributed by atoms with Gasteiger partial charge in [-0.3, -0.25) is 0 Å². The molecule has 0 heterocycles. The third-order valence-corrected chi connectivity index (χ3v) is 3.67. The number of terminal acetylenes is 1. The van der Waals surface area contributed by atoms with Crippen molar-refractivity contribution in [2.75, 3.05) is 0 Å². The van der Waals surface area contributed by atoms with E-state index in [1.807, 2.05) is 13.8 Å². The third kappa shape index (κ3) is 3.88. The van der Waals surface area contributed by atoms with Crippen molar-refractivity contribution in [3.05, 3.63) is 0 Å². The zero-order valence-corrected chi connectivity index (χ0v) is 11.5. The van der Waals surface area contributed by atoms with E-state index >= 15 is 0 Å². The average Bonchev–Trinajstić information content (AvgIpc) is 2.35. The highest BCUT2D eigenvalue weighted by Crippen LogP contribution is 2.32. The van der Waals surface area contributed by atoms with Gasteiger partial charge in [0.05, 0.1) is 6.04 Å². The second-order valence-corrected chi connectivity index (χ2v) is 5.31. The van der Waals surface area contributed by atoms with E-state index in [9.17, 15) is 14.7 Å². The van der Waals surface area contributed by atoms with Gasteiger partial charge in [-0.25, -0.2) is 9.59 Å². The van der Waals surface area contributed by atoms with E-state index in [0.29, 0.717) is 25.2 Å². The van der Waals surface area contributed by atoms with Gasteiger partial charge in [0.2, 0.25) is 0 Å². The van der Waals surface area contributed by atoms with Gasteiger partial charge in [-0.2, -0.15) is 0 Å². The van der Waals surface area contributed by atoms with Crippen LogP contribution in [0.5, 0.6) is 0 Å². The maximum absolute atomic E-state index is 11.9. The van der Waals surface area contributed by atoms with E-state index in [-0.39, 0.29) is 6.04 Å². The van der Waals surface area contributed by atoms with Crippen LogP contribution in [0.15, 0.2) is 0 Å². The van der Waals surface area contributed by atoms with Crippen LogP contribution in [0, 0.1) is 18.3 Å². The smallest absolute Gasteiger partial charge is 0.329 e. The molecule has 1 aliphatic rings. The molecule has 0 spiro atoms. The first-order valence-corrected chi connectivity index (χ1v) is 6.71. The van der Waals surface area contributed by atoms with E-state index in [2.05, 4.69) is 16.6 Å². The highest BCUT2D eigenvalue weighted by molar-refractivity contribution is 5.86. The Hall–Kier alpha value is -1.70. The molecule has 0 aromatic heterocycles. The van der Waals surface area contributed by atoms with Gasteiger partial charge in [0.15, 0.2) is 0 Å². The van der Waals surface area contributed by atoms with Gasteiger partial charge in [-0.1, -0.05) is 32.6 Å². The molecule has 1 aliphatic carbocycles. The molecule has 2 amide bonds. The molecular weight excluding hydrogens is 244 g/mol. The molecule has 0 aromatic carbocycles. The Balaban J connectivity index is 2.71. The Morgan fingerprint density at radius 3 is 2.74 bits per heavy atom. The van der Waals surface area contributed by atoms with Gasteiger partial charge in [-0.05, 0) is 25.2 Å². The predicted molar refractivity (Wildman–Crippen MR) is 72.6 cm³/mol. The minimum absolute atomic E-state index is 0.291. The number of hydrogen-bond acceptors (Lipinski definition) is 2. The van der Waals surface area contributed by atoms with Gasteiger partial charge in [0.1, 0.15) is 5.54 Å². The molecule has 0 aliphatic heterocycles. The summed E-state index contributed by atoms with van der Waals surface area (Å²) in [7, 11) is 0. The molecule has 5 nitrogen and oxygen atoms in total. The van der Waals surface area contributed by atoms with E-state index in [0.717, 1.165) is 12.8 Å². The fraction of sp³-hybridized carbons (Fsp3) is 0.714. The molecular formula is C14H22N2O3. The Morgan fingerprint density at radius 2 is 2.26 bits per heavy atom. The number of hydrogen-bond donors (Lipinski definition) is 3. The molecule has 0 saturated heterocycles. The highest BCUT2D eigenvalue weighted by Gasteiger charge is 2.43. The van der Waals surface area contributed by atoms with Crippen molar-refractivity contribution in [3.63, 3.8) is 0 Å². The minimum atomic E-state index is -1.16. The number of rotatable bonds is 4. The normalized spacial score (nSPS) is 27.9. The predicted octanol–water partition coefficient (Wildman–Crippen LogP) is 1.73. The lowest BCUT2D eigenvalue weighted by Crippen LogP contribution is -2.59. The Labute approximate surface area is 114 Å². The molecule has 3 unspecified atom stereocenters. The number of amides is 2. The summed E-state index contributed by atoms with van der Waals surface area (Å²) >= 11 is 0. The molecule has 1 rings (SSSR count). The largest absolute Gasteiger partial charge is 0.480 e. The molecule has 0 bridgehead atoms. The maximum Gasteiger partial charge on any atom is 0.329 e. The summed E-state index contributed by atoms with van der Waals surface area (Å²) in [5, 5.41) is 14.6. The Morgan fingerprint density at radius 1 is 1.58 bits per heavy atom. The third-order valence-electron chi connectivity index (χ3n) is 3.67. The van der Waals surface area contributed by atoms with Crippen LogP contribution < -0.4 is 10.6 Å². The summed E-state index contributed by atoms with van der Waals surface area (Å²) in [5.74, 6) is 1.77. The van der Waals surface area contributed by atoms with Crippen molar-refractivity contribution in [1.29, 1.82) is 0 Å². The fourth-order valence-electron chi connectivity index (χ4n) is 2.59. The van der Waals surface area contributed by atoms with E-state index in [1.54, 1.807) is 0 Å². The SMILES string of the molecule is C#CC(CC)NC(=O)NC1(C(=O)O)CCCC(C)C1. The van der Waals surface area contributed by atoms with Crippen LogP contribution in [0.1, 0.15) is 46.0 Å². The van der Waals surface area contributed by atoms with Crippen LogP contribution in [-0.4, -0.2) is 28.7 Å². The number of urea groups is 1. The van der Waals surface area contributed by atoms with E-state index < -0.39 is 17.5 Å². The van der Waals surface area contributed by atoms with Gasteiger partial charge in [0.25, 0.3) is 0 Å². The van der Waals surface area contributed by atoms with Crippen molar-refractivity contribution in [2.24, 2.45) is 5.92 Å². The van der Waals surface area contributed by atoms with Crippen LogP contribution in [0.3, 0.4) is 0 Å². The van der Waals surface area contributed by atoms with Gasteiger partial charge in [-0.15, -0.1) is 6.42 Å². The summed E-state index contributed by atoms with van der Waals surface area (Å²) < 4.78 is 0.